The van der Waals surface area contributed by atoms with Gasteiger partial charge in [-0.3, -0.25) is 9.59 Å². The first-order valence-electron chi connectivity index (χ1n) is 7.39. The van der Waals surface area contributed by atoms with Crippen molar-refractivity contribution in [3.8, 4) is 5.75 Å². The van der Waals surface area contributed by atoms with Crippen molar-refractivity contribution >= 4 is 45.7 Å². The van der Waals surface area contributed by atoms with Crippen LogP contribution >= 0.6 is 23.1 Å². The van der Waals surface area contributed by atoms with Crippen LogP contribution in [0.5, 0.6) is 5.75 Å². The molecule has 2 amide bonds. The maximum atomic E-state index is 11.9. The molecular formula is C16H19N3O3S2. The molecule has 0 aliphatic heterocycles. The van der Waals surface area contributed by atoms with Crippen LogP contribution in [0.3, 0.4) is 0 Å². The third-order valence-electron chi connectivity index (χ3n) is 2.78. The largest absolute Gasteiger partial charge is 0.494 e. The number of nitrogens with zero attached hydrogens (tertiary/aromatic N) is 1. The van der Waals surface area contributed by atoms with Gasteiger partial charge in [-0.1, -0.05) is 0 Å². The third kappa shape index (κ3) is 6.21. The lowest BCUT2D eigenvalue weighted by atomic mass is 10.3. The van der Waals surface area contributed by atoms with Gasteiger partial charge < -0.3 is 15.4 Å². The number of carbonyl (C=O) groups is 2. The summed E-state index contributed by atoms with van der Waals surface area (Å²) in [5, 5.41) is 7.94. The molecule has 0 spiro atoms. The van der Waals surface area contributed by atoms with Gasteiger partial charge in [0.05, 0.1) is 23.8 Å². The van der Waals surface area contributed by atoms with E-state index in [-0.39, 0.29) is 23.3 Å². The van der Waals surface area contributed by atoms with Crippen molar-refractivity contribution in [1.29, 1.82) is 0 Å². The Morgan fingerprint density at radius 3 is 2.42 bits per heavy atom. The van der Waals surface area contributed by atoms with E-state index >= 15 is 0 Å². The number of hydrogen-bond donors (Lipinski definition) is 2. The summed E-state index contributed by atoms with van der Waals surface area (Å²) in [6.45, 7) is 4.38. The van der Waals surface area contributed by atoms with Gasteiger partial charge in [0.1, 0.15) is 5.75 Å². The molecule has 24 heavy (non-hydrogen) atoms. The number of ether oxygens (including phenoxy) is 1. The molecule has 0 saturated carbocycles. The molecule has 2 N–H and O–H groups in total. The van der Waals surface area contributed by atoms with E-state index in [0.29, 0.717) is 17.4 Å². The molecule has 0 radical (unpaired) electrons. The zero-order chi connectivity index (χ0) is 17.4. The molecule has 0 fully saturated rings. The van der Waals surface area contributed by atoms with Crippen LogP contribution in [-0.4, -0.2) is 34.9 Å². The number of nitrogens with one attached hydrogen (secondary N) is 2. The molecular weight excluding hydrogens is 346 g/mol. The van der Waals surface area contributed by atoms with E-state index in [4.69, 9.17) is 4.74 Å². The van der Waals surface area contributed by atoms with Crippen molar-refractivity contribution in [1.82, 2.24) is 4.98 Å². The minimum absolute atomic E-state index is 0.151. The highest BCUT2D eigenvalue weighted by Gasteiger charge is 2.08. The van der Waals surface area contributed by atoms with E-state index in [0.717, 1.165) is 11.4 Å². The summed E-state index contributed by atoms with van der Waals surface area (Å²) in [6.07, 6.45) is 0. The fourth-order valence-electron chi connectivity index (χ4n) is 1.80. The predicted molar refractivity (Wildman–Crippen MR) is 99.0 cm³/mol. The summed E-state index contributed by atoms with van der Waals surface area (Å²) in [5.41, 5.74) is 1.57. The third-order valence-corrected chi connectivity index (χ3v) is 4.59. The summed E-state index contributed by atoms with van der Waals surface area (Å²) in [4.78, 5) is 27.8. The average Bonchev–Trinajstić information content (AvgIpc) is 2.94. The van der Waals surface area contributed by atoms with E-state index < -0.39 is 0 Å². The van der Waals surface area contributed by atoms with Gasteiger partial charge in [-0.05, 0) is 38.1 Å². The van der Waals surface area contributed by atoms with Gasteiger partial charge in [-0.25, -0.2) is 4.98 Å². The fourth-order valence-corrected chi connectivity index (χ4v) is 3.12. The smallest absolute Gasteiger partial charge is 0.236 e. The molecule has 128 valence electrons. The Balaban J connectivity index is 1.68. The molecule has 0 saturated heterocycles. The number of thioether (sulfide) groups is 1. The minimum Gasteiger partial charge on any atom is -0.494 e. The monoisotopic (exact) mass is 365 g/mol. The van der Waals surface area contributed by atoms with E-state index in [2.05, 4.69) is 15.6 Å². The molecule has 1 aromatic carbocycles. The van der Waals surface area contributed by atoms with Crippen LogP contribution in [0.15, 0.2) is 29.6 Å². The predicted octanol–water partition coefficient (Wildman–Crippen LogP) is 3.16. The van der Waals surface area contributed by atoms with Gasteiger partial charge in [0, 0.05) is 11.1 Å². The first kappa shape index (κ1) is 18.3. The lowest BCUT2D eigenvalue weighted by Crippen LogP contribution is -2.18. The Kier molecular flexibility index (Phi) is 7.07. The van der Waals surface area contributed by atoms with Gasteiger partial charge >= 0.3 is 0 Å². The van der Waals surface area contributed by atoms with Crippen LogP contribution in [0.25, 0.3) is 0 Å². The molecule has 2 aromatic rings. The minimum atomic E-state index is -0.164. The molecule has 0 unspecified atom stereocenters. The van der Waals surface area contributed by atoms with Crippen molar-refractivity contribution in [2.75, 3.05) is 28.7 Å². The van der Waals surface area contributed by atoms with Crippen LogP contribution < -0.4 is 15.4 Å². The molecule has 0 aliphatic rings. The van der Waals surface area contributed by atoms with Gasteiger partial charge in [0.15, 0.2) is 5.13 Å². The highest BCUT2D eigenvalue weighted by molar-refractivity contribution is 8.00. The van der Waals surface area contributed by atoms with Gasteiger partial charge in [0.25, 0.3) is 0 Å². The lowest BCUT2D eigenvalue weighted by molar-refractivity contribution is -0.114. The van der Waals surface area contributed by atoms with Crippen LogP contribution in [0, 0.1) is 6.92 Å². The number of thiazole rings is 1. The number of amides is 2. The standard InChI is InChI=1S/C16H19N3O3S2/c1-3-22-13-6-4-12(5-7-13)18-14(20)9-23-10-15(21)19-16-17-11(2)8-24-16/h4-8H,3,9-10H2,1-2H3,(H,18,20)(H,17,19,21). The molecule has 6 nitrogen and oxygen atoms in total. The van der Waals surface area contributed by atoms with Crippen molar-refractivity contribution < 1.29 is 14.3 Å². The Bertz CT molecular complexity index is 686. The number of hydrogen-bond acceptors (Lipinski definition) is 6. The number of rotatable bonds is 8. The van der Waals surface area contributed by atoms with Crippen LogP contribution in [-0.2, 0) is 9.59 Å². The maximum Gasteiger partial charge on any atom is 0.236 e. The molecule has 0 bridgehead atoms. The summed E-state index contributed by atoms with van der Waals surface area (Å²) in [5.74, 6) is 0.858. The van der Waals surface area contributed by atoms with E-state index in [1.54, 1.807) is 24.3 Å². The Morgan fingerprint density at radius 2 is 1.83 bits per heavy atom. The van der Waals surface area contributed by atoms with Crippen LogP contribution in [0.2, 0.25) is 0 Å². The molecule has 8 heteroatoms. The number of aryl methyl sites for hydroxylation is 1. The second kappa shape index (κ2) is 9.29. The first-order valence-corrected chi connectivity index (χ1v) is 9.42. The highest BCUT2D eigenvalue weighted by atomic mass is 32.2. The molecule has 0 atom stereocenters. The maximum absolute atomic E-state index is 11.9. The van der Waals surface area contributed by atoms with E-state index in [1.807, 2.05) is 19.2 Å². The van der Waals surface area contributed by atoms with Crippen molar-refractivity contribution in [2.24, 2.45) is 0 Å². The van der Waals surface area contributed by atoms with Crippen molar-refractivity contribution in [3.05, 3.63) is 35.3 Å². The first-order chi connectivity index (χ1) is 11.6. The van der Waals surface area contributed by atoms with E-state index in [1.165, 1.54) is 23.1 Å². The van der Waals surface area contributed by atoms with E-state index in [9.17, 15) is 9.59 Å². The normalized spacial score (nSPS) is 10.2. The van der Waals surface area contributed by atoms with Gasteiger partial charge in [-0.2, -0.15) is 0 Å². The van der Waals surface area contributed by atoms with Gasteiger partial charge in [-0.15, -0.1) is 23.1 Å². The number of carbonyl (C=O) groups excluding carboxylic acids is 2. The topological polar surface area (TPSA) is 80.3 Å². The zero-order valence-electron chi connectivity index (χ0n) is 13.5. The molecule has 2 rings (SSSR count). The fraction of sp³-hybridized carbons (Fsp3) is 0.312. The lowest BCUT2D eigenvalue weighted by Gasteiger charge is -2.07. The summed E-state index contributed by atoms with van der Waals surface area (Å²) in [6, 6.07) is 7.17. The average molecular weight is 365 g/mol. The Hall–Kier alpha value is -2.06. The Morgan fingerprint density at radius 1 is 1.17 bits per heavy atom. The number of benzene rings is 1. The number of aromatic nitrogens is 1. The summed E-state index contributed by atoms with van der Waals surface area (Å²) >= 11 is 2.64. The zero-order valence-corrected chi connectivity index (χ0v) is 15.1. The van der Waals surface area contributed by atoms with Gasteiger partial charge in [0.2, 0.25) is 11.8 Å². The summed E-state index contributed by atoms with van der Waals surface area (Å²) in [7, 11) is 0. The highest BCUT2D eigenvalue weighted by Crippen LogP contribution is 2.17. The van der Waals surface area contributed by atoms with Crippen LogP contribution in [0.4, 0.5) is 10.8 Å². The van der Waals surface area contributed by atoms with Crippen LogP contribution in [0.1, 0.15) is 12.6 Å². The summed E-state index contributed by atoms with van der Waals surface area (Å²) < 4.78 is 5.34. The Labute approximate surface area is 149 Å². The molecule has 1 heterocycles. The SMILES string of the molecule is CCOc1ccc(NC(=O)CSCC(=O)Nc2nc(C)cs2)cc1. The van der Waals surface area contributed by atoms with Crippen molar-refractivity contribution in [3.63, 3.8) is 0 Å². The van der Waals surface area contributed by atoms with Crippen molar-refractivity contribution in [2.45, 2.75) is 13.8 Å². The number of anilines is 2. The molecule has 1 aromatic heterocycles. The second-order valence-electron chi connectivity index (χ2n) is 4.84. The quantitative estimate of drug-likeness (QED) is 0.751. The second-order valence-corrected chi connectivity index (χ2v) is 6.68. The molecule has 0 aliphatic carbocycles.